The second kappa shape index (κ2) is 17.8. The summed E-state index contributed by atoms with van der Waals surface area (Å²) in [5.41, 5.74) is 18.1. The van der Waals surface area contributed by atoms with E-state index in [9.17, 15) is 0 Å². The number of hydrazone groups is 2. The van der Waals surface area contributed by atoms with Gasteiger partial charge < -0.3 is 17.7 Å². The van der Waals surface area contributed by atoms with Crippen LogP contribution in [0.3, 0.4) is 0 Å². The summed E-state index contributed by atoms with van der Waals surface area (Å²) >= 11 is 0. The van der Waals surface area contributed by atoms with E-state index >= 15 is 0 Å². The fourth-order valence-corrected chi connectivity index (χ4v) is 10.4. The lowest BCUT2D eigenvalue weighted by atomic mass is 9.93. The second-order valence-electron chi connectivity index (χ2n) is 19.1. The molecular weight excluding hydrogens is 945 g/mol. The molecule has 13 aromatic rings. The number of benzene rings is 9. The zero-order valence-electron chi connectivity index (χ0n) is 40.6. The van der Waals surface area contributed by atoms with E-state index in [1.165, 1.54) is 0 Å². The first-order valence-corrected chi connectivity index (χ1v) is 25.2. The van der Waals surface area contributed by atoms with E-state index in [0.717, 1.165) is 112 Å². The molecule has 9 aromatic carbocycles. The van der Waals surface area contributed by atoms with E-state index in [-0.39, 0.29) is 12.1 Å². The minimum Gasteiger partial charge on any atom is -0.436 e. The van der Waals surface area contributed by atoms with Crippen molar-refractivity contribution in [3.8, 4) is 45.8 Å². The smallest absolute Gasteiger partial charge is 0.227 e. The van der Waals surface area contributed by atoms with Gasteiger partial charge in [0.25, 0.3) is 0 Å². The molecule has 12 nitrogen and oxygen atoms in total. The Morgan fingerprint density at radius 1 is 0.289 bits per heavy atom. The Morgan fingerprint density at radius 3 is 0.842 bits per heavy atom. The Morgan fingerprint density at radius 2 is 0.553 bits per heavy atom. The number of oxazole rings is 4. The molecule has 76 heavy (non-hydrogen) atoms. The lowest BCUT2D eigenvalue weighted by Gasteiger charge is -2.26. The van der Waals surface area contributed by atoms with Crippen molar-refractivity contribution in [2.45, 2.75) is 24.9 Å². The largest absolute Gasteiger partial charge is 0.436 e. The summed E-state index contributed by atoms with van der Waals surface area (Å²) in [6.45, 7) is 0. The zero-order chi connectivity index (χ0) is 50.1. The predicted molar refractivity (Wildman–Crippen MR) is 297 cm³/mol. The van der Waals surface area contributed by atoms with Crippen molar-refractivity contribution in [2.75, 3.05) is 10.0 Å². The molecule has 0 amide bonds. The molecule has 2 aliphatic heterocycles. The first-order valence-electron chi connectivity index (χ1n) is 25.2. The number of para-hydroxylation sites is 8. The average molecular weight is 987 g/mol. The molecule has 0 radical (unpaired) electrons. The summed E-state index contributed by atoms with van der Waals surface area (Å²) in [5.74, 6) is 2.33. The SMILES string of the molecule is c1ccc2oc(-c3ccc(C4=NN(c5ccc(-c6nc7ccccc7o6)cc5)C(c5ccc(C6CC(c7ccc(-c8nc9ccccc9o8)cc7)=NN6c6ccc(-c7nc8ccccc8o7)cc6)cc5)C4)cc3)nc2c1. The Hall–Kier alpha value is -10.2. The van der Waals surface area contributed by atoms with Crippen molar-refractivity contribution in [3.63, 3.8) is 0 Å². The van der Waals surface area contributed by atoms with E-state index in [1.807, 2.05) is 97.1 Å². The van der Waals surface area contributed by atoms with E-state index < -0.39 is 0 Å². The standard InChI is InChI=1S/C64H42N8O4/c1-5-13-57-49(9-1)65-61(73-57)43-25-17-39(18-26-43)53-37-55(71(69-53)47-33-29-45(30-34-47)63-67-51-11-3-7-15-59(51)75-63)41-21-23-42(24-22-41)56-38-54(40-19-27-44(28-20-40)62-66-50-10-2-6-14-58(50)74-62)70-72(56)48-35-31-46(32-36-48)64-68-52-12-4-8-16-60(52)76-64/h1-36,55-56H,37-38H2. The molecule has 0 N–H and O–H groups in total. The van der Waals surface area contributed by atoms with Crippen LogP contribution in [-0.4, -0.2) is 31.4 Å². The Balaban J connectivity index is 0.750. The van der Waals surface area contributed by atoms with Crippen LogP contribution in [0.5, 0.6) is 0 Å². The zero-order valence-corrected chi connectivity index (χ0v) is 40.6. The normalized spacial score (nSPS) is 15.6. The average Bonchev–Trinajstić information content (AvgIpc) is 4.36. The third kappa shape index (κ3) is 7.78. The van der Waals surface area contributed by atoms with Crippen molar-refractivity contribution < 1.29 is 17.7 Å². The highest BCUT2D eigenvalue weighted by Crippen LogP contribution is 2.42. The highest BCUT2D eigenvalue weighted by Gasteiger charge is 2.33. The van der Waals surface area contributed by atoms with Crippen LogP contribution in [0.2, 0.25) is 0 Å². The molecule has 15 rings (SSSR count). The molecule has 0 saturated heterocycles. The lowest BCUT2D eigenvalue weighted by Crippen LogP contribution is -2.20. The van der Waals surface area contributed by atoms with Gasteiger partial charge in [0.05, 0.1) is 34.9 Å². The highest BCUT2D eigenvalue weighted by atomic mass is 16.4. The van der Waals surface area contributed by atoms with Gasteiger partial charge in [-0.15, -0.1) is 0 Å². The van der Waals surface area contributed by atoms with Crippen LogP contribution < -0.4 is 10.0 Å². The van der Waals surface area contributed by atoms with E-state index in [0.29, 0.717) is 36.4 Å². The monoisotopic (exact) mass is 986 g/mol. The molecule has 0 aliphatic carbocycles. The molecule has 362 valence electrons. The number of fused-ring (bicyclic) bond motifs is 4. The Labute approximate surface area is 434 Å². The lowest BCUT2D eigenvalue weighted by molar-refractivity contribution is 0.619. The fraction of sp³-hybridized carbons (Fsp3) is 0.0625. The van der Waals surface area contributed by atoms with E-state index in [4.69, 9.17) is 47.8 Å². The van der Waals surface area contributed by atoms with Gasteiger partial charge >= 0.3 is 0 Å². The number of hydrogen-bond acceptors (Lipinski definition) is 12. The maximum absolute atomic E-state index is 6.14. The Bertz CT molecular complexity index is 3950. The van der Waals surface area contributed by atoms with Gasteiger partial charge in [0.2, 0.25) is 23.6 Å². The van der Waals surface area contributed by atoms with Crippen LogP contribution in [0.25, 0.3) is 90.2 Å². The van der Waals surface area contributed by atoms with Gasteiger partial charge in [-0.2, -0.15) is 10.2 Å². The van der Waals surface area contributed by atoms with Gasteiger partial charge in [0.1, 0.15) is 22.1 Å². The van der Waals surface area contributed by atoms with Gasteiger partial charge in [-0.25, -0.2) is 19.9 Å². The van der Waals surface area contributed by atoms with Gasteiger partial charge in [-0.05, 0) is 144 Å². The predicted octanol–water partition coefficient (Wildman–Crippen LogP) is 15.6. The summed E-state index contributed by atoms with van der Waals surface area (Å²) in [6.07, 6.45) is 1.37. The number of anilines is 2. The summed E-state index contributed by atoms with van der Waals surface area (Å²) in [5, 5.41) is 15.0. The van der Waals surface area contributed by atoms with E-state index in [2.05, 4.69) is 131 Å². The maximum atomic E-state index is 6.14. The summed E-state index contributed by atoms with van der Waals surface area (Å²) in [7, 11) is 0. The molecule has 6 heterocycles. The van der Waals surface area contributed by atoms with Gasteiger partial charge in [-0.1, -0.05) is 97.1 Å². The van der Waals surface area contributed by atoms with Crippen LogP contribution in [0.1, 0.15) is 47.2 Å². The molecular formula is C64H42N8O4. The molecule has 0 bridgehead atoms. The van der Waals surface area contributed by atoms with Crippen LogP contribution in [-0.2, 0) is 0 Å². The minimum absolute atomic E-state index is 0.0957. The number of rotatable bonds is 10. The number of aromatic nitrogens is 4. The fourth-order valence-electron chi connectivity index (χ4n) is 10.4. The Kier molecular flexibility index (Phi) is 10.2. The van der Waals surface area contributed by atoms with Crippen molar-refractivity contribution in [1.82, 2.24) is 19.9 Å². The summed E-state index contributed by atoms with van der Waals surface area (Å²) in [4.78, 5) is 19.0. The van der Waals surface area contributed by atoms with Gasteiger partial charge in [0, 0.05) is 35.1 Å². The molecule has 2 aliphatic rings. The molecule has 0 saturated carbocycles. The number of hydrogen-bond donors (Lipinski definition) is 0. The van der Waals surface area contributed by atoms with Crippen molar-refractivity contribution in [3.05, 3.63) is 241 Å². The van der Waals surface area contributed by atoms with Crippen LogP contribution in [0.4, 0.5) is 11.4 Å². The second-order valence-corrected chi connectivity index (χ2v) is 19.1. The summed E-state index contributed by atoms with van der Waals surface area (Å²) in [6, 6.07) is 73.4. The third-order valence-electron chi connectivity index (χ3n) is 14.4. The molecule has 12 heteroatoms. The highest BCUT2D eigenvalue weighted by molar-refractivity contribution is 6.04. The third-order valence-corrected chi connectivity index (χ3v) is 14.4. The van der Waals surface area contributed by atoms with Crippen LogP contribution >= 0.6 is 0 Å². The number of nitrogens with zero attached hydrogens (tertiary/aromatic N) is 8. The van der Waals surface area contributed by atoms with Crippen LogP contribution in [0.15, 0.2) is 246 Å². The molecule has 0 fully saturated rings. The van der Waals surface area contributed by atoms with Gasteiger partial charge in [0.15, 0.2) is 22.3 Å². The van der Waals surface area contributed by atoms with Crippen molar-refractivity contribution in [1.29, 1.82) is 0 Å². The molecule has 0 spiro atoms. The van der Waals surface area contributed by atoms with Crippen molar-refractivity contribution in [2.24, 2.45) is 10.2 Å². The first-order chi connectivity index (χ1) is 37.6. The quantitative estimate of drug-likeness (QED) is 0.130. The molecule has 2 unspecified atom stereocenters. The van der Waals surface area contributed by atoms with Crippen LogP contribution in [0, 0.1) is 0 Å². The first kappa shape index (κ1) is 43.4. The van der Waals surface area contributed by atoms with E-state index in [1.54, 1.807) is 0 Å². The summed E-state index contributed by atoms with van der Waals surface area (Å²) < 4.78 is 24.5. The minimum atomic E-state index is -0.0957. The maximum Gasteiger partial charge on any atom is 0.227 e. The molecule has 2 atom stereocenters. The van der Waals surface area contributed by atoms with Gasteiger partial charge in [-0.3, -0.25) is 10.0 Å². The molecule has 4 aromatic heterocycles. The topological polar surface area (TPSA) is 135 Å². The van der Waals surface area contributed by atoms with Crippen molar-refractivity contribution >= 4 is 67.2 Å².